The van der Waals surface area contributed by atoms with Gasteiger partial charge in [-0.2, -0.15) is 13.2 Å². The number of ether oxygens (including phenoxy) is 1. The van der Waals surface area contributed by atoms with Crippen molar-refractivity contribution in [2.75, 3.05) is 5.32 Å². The first kappa shape index (κ1) is 20.0. The van der Waals surface area contributed by atoms with Crippen LogP contribution in [0.1, 0.15) is 36.8 Å². The van der Waals surface area contributed by atoms with E-state index in [9.17, 15) is 18.0 Å². The number of carbonyl (C=O) groups excluding carboxylic acids is 1. The second-order valence-electron chi connectivity index (χ2n) is 7.08. The summed E-state index contributed by atoms with van der Waals surface area (Å²) in [5.74, 6) is 0.849. The monoisotopic (exact) mass is 392 g/mol. The second kappa shape index (κ2) is 8.54. The molecule has 2 aromatic carbocycles. The lowest BCUT2D eigenvalue weighted by Crippen LogP contribution is -2.41. The summed E-state index contributed by atoms with van der Waals surface area (Å²) in [4.78, 5) is 12.1. The highest BCUT2D eigenvalue weighted by molar-refractivity contribution is 5.89. The zero-order chi connectivity index (χ0) is 20.1. The third-order valence-corrected chi connectivity index (χ3v) is 4.80. The molecule has 4 nitrogen and oxygen atoms in total. The molecule has 0 bridgehead atoms. The van der Waals surface area contributed by atoms with Crippen LogP contribution >= 0.6 is 0 Å². The molecule has 28 heavy (non-hydrogen) atoms. The lowest BCUT2D eigenvalue weighted by atomic mass is 9.93. The normalized spacial score (nSPS) is 19.7. The van der Waals surface area contributed by atoms with E-state index in [2.05, 4.69) is 10.6 Å². The van der Waals surface area contributed by atoms with Crippen LogP contribution in [0.3, 0.4) is 0 Å². The summed E-state index contributed by atoms with van der Waals surface area (Å²) in [6.45, 7) is 2.02. The molecule has 0 heterocycles. The lowest BCUT2D eigenvalue weighted by molar-refractivity contribution is -0.137. The number of rotatable bonds is 4. The second-order valence-corrected chi connectivity index (χ2v) is 7.08. The van der Waals surface area contributed by atoms with Crippen LogP contribution in [0.4, 0.5) is 23.7 Å². The number of benzene rings is 2. The molecule has 1 aliphatic rings. The summed E-state index contributed by atoms with van der Waals surface area (Å²) in [7, 11) is 0. The first-order valence-electron chi connectivity index (χ1n) is 9.28. The minimum absolute atomic E-state index is 0.0207. The first-order chi connectivity index (χ1) is 13.3. The fourth-order valence-electron chi connectivity index (χ4n) is 3.23. The van der Waals surface area contributed by atoms with Gasteiger partial charge in [0.25, 0.3) is 0 Å². The Kier molecular flexibility index (Phi) is 6.11. The number of hydrogen-bond donors (Lipinski definition) is 2. The van der Waals surface area contributed by atoms with E-state index in [1.807, 2.05) is 31.2 Å². The van der Waals surface area contributed by atoms with Crippen LogP contribution in [-0.2, 0) is 6.18 Å². The highest BCUT2D eigenvalue weighted by atomic mass is 19.4. The van der Waals surface area contributed by atoms with Gasteiger partial charge in [-0.3, -0.25) is 0 Å². The Morgan fingerprint density at radius 2 is 1.57 bits per heavy atom. The van der Waals surface area contributed by atoms with Crippen molar-refractivity contribution in [2.24, 2.45) is 0 Å². The van der Waals surface area contributed by atoms with Crippen LogP contribution < -0.4 is 15.4 Å². The summed E-state index contributed by atoms with van der Waals surface area (Å²) in [6.07, 6.45) is -1.02. The van der Waals surface area contributed by atoms with Crippen molar-refractivity contribution in [1.29, 1.82) is 0 Å². The lowest BCUT2D eigenvalue weighted by Gasteiger charge is -2.29. The zero-order valence-electron chi connectivity index (χ0n) is 15.6. The quantitative estimate of drug-likeness (QED) is 0.719. The van der Waals surface area contributed by atoms with Gasteiger partial charge in [-0.05, 0) is 69.0 Å². The number of aryl methyl sites for hydroxylation is 1. The largest absolute Gasteiger partial charge is 0.490 e. The fraction of sp³-hybridized carbons (Fsp3) is 0.381. The number of hydrogen-bond acceptors (Lipinski definition) is 2. The predicted molar refractivity (Wildman–Crippen MR) is 101 cm³/mol. The Morgan fingerprint density at radius 1 is 0.964 bits per heavy atom. The van der Waals surface area contributed by atoms with Gasteiger partial charge >= 0.3 is 12.2 Å². The molecule has 0 saturated heterocycles. The smallest absolute Gasteiger partial charge is 0.416 e. The Bertz CT molecular complexity index is 781. The molecular formula is C21H23F3N2O2. The number of alkyl halides is 3. The Labute approximate surface area is 162 Å². The number of carbonyl (C=O) groups is 1. The number of halogens is 3. The Balaban J connectivity index is 1.42. The zero-order valence-corrected chi connectivity index (χ0v) is 15.6. The van der Waals surface area contributed by atoms with Crippen LogP contribution in [0.15, 0.2) is 48.5 Å². The van der Waals surface area contributed by atoms with E-state index in [1.165, 1.54) is 17.7 Å². The van der Waals surface area contributed by atoms with Gasteiger partial charge in [0.05, 0.1) is 11.7 Å². The van der Waals surface area contributed by atoms with E-state index in [1.54, 1.807) is 0 Å². The Hall–Kier alpha value is -2.70. The molecule has 0 unspecified atom stereocenters. The van der Waals surface area contributed by atoms with Gasteiger partial charge in [-0.15, -0.1) is 0 Å². The van der Waals surface area contributed by atoms with E-state index >= 15 is 0 Å². The summed E-state index contributed by atoms with van der Waals surface area (Å²) < 4.78 is 43.7. The van der Waals surface area contributed by atoms with E-state index in [0.29, 0.717) is 5.69 Å². The summed E-state index contributed by atoms with van der Waals surface area (Å²) in [5, 5.41) is 5.45. The van der Waals surface area contributed by atoms with Gasteiger partial charge in [0.1, 0.15) is 5.75 Å². The van der Waals surface area contributed by atoms with E-state index in [-0.39, 0.29) is 12.1 Å². The third kappa shape index (κ3) is 5.65. The SMILES string of the molecule is Cc1ccc(O[C@H]2CC[C@H](NC(=O)Nc3ccc(C(F)(F)F)cc3)CC2)cc1. The van der Waals surface area contributed by atoms with Crippen LogP contribution in [-0.4, -0.2) is 18.2 Å². The number of nitrogens with one attached hydrogen (secondary N) is 2. The van der Waals surface area contributed by atoms with Crippen molar-refractivity contribution in [3.05, 3.63) is 59.7 Å². The molecule has 1 fully saturated rings. The van der Waals surface area contributed by atoms with Crippen molar-refractivity contribution in [3.63, 3.8) is 0 Å². The molecule has 0 spiro atoms. The van der Waals surface area contributed by atoms with Crippen molar-refractivity contribution < 1.29 is 22.7 Å². The molecule has 3 rings (SSSR count). The van der Waals surface area contributed by atoms with Gasteiger partial charge in [0.2, 0.25) is 0 Å². The topological polar surface area (TPSA) is 50.4 Å². The molecule has 0 radical (unpaired) electrons. The first-order valence-corrected chi connectivity index (χ1v) is 9.28. The molecule has 0 aromatic heterocycles. The molecule has 1 saturated carbocycles. The fourth-order valence-corrected chi connectivity index (χ4v) is 3.23. The van der Waals surface area contributed by atoms with Crippen molar-refractivity contribution in [1.82, 2.24) is 5.32 Å². The van der Waals surface area contributed by atoms with E-state index in [0.717, 1.165) is 43.6 Å². The van der Waals surface area contributed by atoms with Crippen LogP contribution in [0.2, 0.25) is 0 Å². The summed E-state index contributed by atoms with van der Waals surface area (Å²) >= 11 is 0. The highest BCUT2D eigenvalue weighted by Gasteiger charge is 2.30. The molecule has 0 atom stereocenters. The summed E-state index contributed by atoms with van der Waals surface area (Å²) in [5.41, 5.74) is 0.756. The maximum Gasteiger partial charge on any atom is 0.416 e. The molecular weight excluding hydrogens is 369 g/mol. The molecule has 0 aliphatic heterocycles. The predicted octanol–water partition coefficient (Wildman–Crippen LogP) is 5.53. The minimum Gasteiger partial charge on any atom is -0.490 e. The maximum atomic E-state index is 12.6. The van der Waals surface area contributed by atoms with Crippen molar-refractivity contribution in [3.8, 4) is 5.75 Å². The van der Waals surface area contributed by atoms with Gasteiger partial charge in [0.15, 0.2) is 0 Å². The minimum atomic E-state index is -4.39. The van der Waals surface area contributed by atoms with Gasteiger partial charge < -0.3 is 15.4 Å². The number of anilines is 1. The number of amides is 2. The van der Waals surface area contributed by atoms with Crippen LogP contribution in [0.5, 0.6) is 5.75 Å². The van der Waals surface area contributed by atoms with Crippen molar-refractivity contribution in [2.45, 2.75) is 50.9 Å². The molecule has 1 aliphatic carbocycles. The average molecular weight is 392 g/mol. The van der Waals surface area contributed by atoms with Gasteiger partial charge in [-0.25, -0.2) is 4.79 Å². The maximum absolute atomic E-state index is 12.6. The Morgan fingerprint density at radius 3 is 2.14 bits per heavy atom. The highest BCUT2D eigenvalue weighted by Crippen LogP contribution is 2.30. The summed E-state index contributed by atoms with van der Waals surface area (Å²) in [6, 6.07) is 11.9. The molecule has 2 aromatic rings. The van der Waals surface area contributed by atoms with Gasteiger partial charge in [-0.1, -0.05) is 17.7 Å². The molecule has 2 N–H and O–H groups in total. The van der Waals surface area contributed by atoms with Crippen molar-refractivity contribution >= 4 is 11.7 Å². The van der Waals surface area contributed by atoms with Crippen LogP contribution in [0, 0.1) is 6.92 Å². The molecule has 150 valence electrons. The third-order valence-electron chi connectivity index (χ3n) is 4.80. The van der Waals surface area contributed by atoms with E-state index in [4.69, 9.17) is 4.74 Å². The number of urea groups is 1. The average Bonchev–Trinajstić information content (AvgIpc) is 2.65. The van der Waals surface area contributed by atoms with Gasteiger partial charge in [0, 0.05) is 11.7 Å². The molecule has 2 amide bonds. The molecule has 7 heteroatoms. The standard InChI is InChI=1S/C21H23F3N2O2/c1-14-2-10-18(11-3-14)28-19-12-8-17(9-13-19)26-20(27)25-16-6-4-15(5-7-16)21(22,23)24/h2-7,10-11,17,19H,8-9,12-13H2,1H3,(H2,25,26,27)/t17-,19-. The van der Waals surface area contributed by atoms with E-state index < -0.39 is 17.8 Å². The van der Waals surface area contributed by atoms with Crippen LogP contribution in [0.25, 0.3) is 0 Å².